The van der Waals surface area contributed by atoms with Crippen molar-refractivity contribution in [3.05, 3.63) is 125 Å². The quantitative estimate of drug-likeness (QED) is 0.192. The number of aromatic nitrogens is 2. The van der Waals surface area contributed by atoms with Crippen LogP contribution in [0.5, 0.6) is 0 Å². The summed E-state index contributed by atoms with van der Waals surface area (Å²) in [5, 5.41) is 9.70. The molecule has 6 rings (SSSR count). The number of fused-ring (bicyclic) bond motifs is 1. The molecule has 2 N–H and O–H groups in total. The monoisotopic (exact) mass is 573 g/mol. The van der Waals surface area contributed by atoms with Gasteiger partial charge in [0.15, 0.2) is 5.11 Å². The lowest BCUT2D eigenvalue weighted by atomic mass is 9.96. The van der Waals surface area contributed by atoms with Crippen molar-refractivity contribution in [3.8, 4) is 5.69 Å². The molecular formula is C35H35N5OS. The minimum Gasteiger partial charge on any atom is -0.352 e. The van der Waals surface area contributed by atoms with Crippen LogP contribution < -0.4 is 10.6 Å². The van der Waals surface area contributed by atoms with Gasteiger partial charge in [0, 0.05) is 41.6 Å². The van der Waals surface area contributed by atoms with Gasteiger partial charge in [-0.05, 0) is 79.3 Å². The number of nitrogens with one attached hydrogen (secondary N) is 2. The van der Waals surface area contributed by atoms with Gasteiger partial charge in [0.1, 0.15) is 0 Å². The SMILES string of the molecule is CCc1ccccc1NC(=O)CCN1C(=S)N[C@@H](c2ccccn2)[C@H]1c1cc(C)n(-c2cccc3ccccc23)c1C. The van der Waals surface area contributed by atoms with Gasteiger partial charge in [-0.1, -0.05) is 67.6 Å². The lowest BCUT2D eigenvalue weighted by molar-refractivity contribution is -0.116. The van der Waals surface area contributed by atoms with Crippen molar-refractivity contribution < 1.29 is 4.79 Å². The summed E-state index contributed by atoms with van der Waals surface area (Å²) in [5.41, 5.74) is 7.52. The molecular weight excluding hydrogens is 538 g/mol. The van der Waals surface area contributed by atoms with E-state index < -0.39 is 0 Å². The maximum atomic E-state index is 13.2. The van der Waals surface area contributed by atoms with Gasteiger partial charge in [0.25, 0.3) is 0 Å². The van der Waals surface area contributed by atoms with Gasteiger partial charge in [-0.25, -0.2) is 0 Å². The zero-order valence-electron chi connectivity index (χ0n) is 24.2. The van der Waals surface area contributed by atoms with Gasteiger partial charge >= 0.3 is 0 Å². The first-order valence-corrected chi connectivity index (χ1v) is 14.9. The van der Waals surface area contributed by atoms with Gasteiger partial charge in [-0.15, -0.1) is 0 Å². The first kappa shape index (κ1) is 27.7. The van der Waals surface area contributed by atoms with Gasteiger partial charge in [-0.2, -0.15) is 0 Å². The van der Waals surface area contributed by atoms with E-state index in [0.29, 0.717) is 18.1 Å². The Morgan fingerprint density at radius 3 is 2.55 bits per heavy atom. The molecule has 0 radical (unpaired) electrons. The van der Waals surface area contributed by atoms with Gasteiger partial charge in [-0.3, -0.25) is 9.78 Å². The molecule has 0 spiro atoms. The second kappa shape index (κ2) is 11.8. The Labute approximate surface area is 252 Å². The number of thiocarbonyl (C=S) groups is 1. The van der Waals surface area contributed by atoms with E-state index in [2.05, 4.69) is 89.4 Å². The van der Waals surface area contributed by atoms with Crippen molar-refractivity contribution in [2.24, 2.45) is 0 Å². The number of aryl methyl sites for hydroxylation is 2. The number of anilines is 1. The van der Waals surface area contributed by atoms with Crippen LogP contribution in [0.3, 0.4) is 0 Å². The molecule has 7 heteroatoms. The predicted molar refractivity (Wildman–Crippen MR) is 174 cm³/mol. The number of carbonyl (C=O) groups excluding carboxylic acids is 1. The fraction of sp³-hybridized carbons (Fsp3) is 0.229. The van der Waals surface area contributed by atoms with E-state index in [4.69, 9.17) is 17.2 Å². The van der Waals surface area contributed by atoms with Crippen LogP contribution >= 0.6 is 12.2 Å². The molecule has 212 valence electrons. The zero-order valence-corrected chi connectivity index (χ0v) is 25.0. The lowest BCUT2D eigenvalue weighted by Crippen LogP contribution is -2.33. The summed E-state index contributed by atoms with van der Waals surface area (Å²) >= 11 is 5.90. The Hall–Kier alpha value is -4.49. The number of benzene rings is 3. The number of hydrogen-bond acceptors (Lipinski definition) is 3. The van der Waals surface area contributed by atoms with Crippen LogP contribution in [0.4, 0.5) is 5.69 Å². The Bertz CT molecular complexity index is 1760. The molecule has 1 saturated heterocycles. The van der Waals surface area contributed by atoms with E-state index in [1.165, 1.54) is 16.3 Å². The third-order valence-corrected chi connectivity index (χ3v) is 8.60. The van der Waals surface area contributed by atoms with E-state index >= 15 is 0 Å². The molecule has 3 heterocycles. The minimum absolute atomic E-state index is 0.0278. The molecule has 2 atom stereocenters. The Morgan fingerprint density at radius 1 is 0.976 bits per heavy atom. The highest BCUT2D eigenvalue weighted by Crippen LogP contribution is 2.42. The van der Waals surface area contributed by atoms with Crippen LogP contribution in [0.2, 0.25) is 0 Å². The molecule has 1 aliphatic heterocycles. The Balaban J connectivity index is 1.36. The van der Waals surface area contributed by atoms with E-state index in [0.717, 1.165) is 40.4 Å². The average molecular weight is 574 g/mol. The third kappa shape index (κ3) is 5.16. The van der Waals surface area contributed by atoms with E-state index in [9.17, 15) is 4.79 Å². The van der Waals surface area contributed by atoms with E-state index in [-0.39, 0.29) is 18.0 Å². The van der Waals surface area contributed by atoms with Gasteiger partial charge < -0.3 is 20.1 Å². The molecule has 6 nitrogen and oxygen atoms in total. The lowest BCUT2D eigenvalue weighted by Gasteiger charge is -2.28. The number of amides is 1. The van der Waals surface area contributed by atoms with Crippen molar-refractivity contribution in [1.82, 2.24) is 19.8 Å². The van der Waals surface area contributed by atoms with E-state index in [1.807, 2.05) is 48.7 Å². The van der Waals surface area contributed by atoms with Crippen LogP contribution in [0.1, 0.15) is 53.6 Å². The maximum absolute atomic E-state index is 13.2. The summed E-state index contributed by atoms with van der Waals surface area (Å²) in [6.45, 7) is 6.90. The highest BCUT2D eigenvalue weighted by Gasteiger charge is 2.41. The molecule has 3 aromatic carbocycles. The smallest absolute Gasteiger partial charge is 0.226 e. The van der Waals surface area contributed by atoms with Crippen LogP contribution in [0.15, 0.2) is 97.2 Å². The van der Waals surface area contributed by atoms with Crippen molar-refractivity contribution >= 4 is 39.7 Å². The molecule has 1 amide bonds. The van der Waals surface area contributed by atoms with Crippen molar-refractivity contribution in [3.63, 3.8) is 0 Å². The third-order valence-electron chi connectivity index (χ3n) is 8.25. The minimum atomic E-state index is -0.149. The van der Waals surface area contributed by atoms with Crippen LogP contribution in [0, 0.1) is 13.8 Å². The summed E-state index contributed by atoms with van der Waals surface area (Å²) in [5.74, 6) is -0.0278. The molecule has 1 fully saturated rings. The van der Waals surface area contributed by atoms with Crippen LogP contribution in [-0.2, 0) is 11.2 Å². The predicted octanol–water partition coefficient (Wildman–Crippen LogP) is 7.21. The van der Waals surface area contributed by atoms with Gasteiger partial charge in [0.2, 0.25) is 5.91 Å². The first-order chi connectivity index (χ1) is 20.5. The number of carbonyl (C=O) groups is 1. The topological polar surface area (TPSA) is 62.2 Å². The maximum Gasteiger partial charge on any atom is 0.226 e. The largest absolute Gasteiger partial charge is 0.352 e. The molecule has 42 heavy (non-hydrogen) atoms. The van der Waals surface area contributed by atoms with Crippen molar-refractivity contribution in [1.29, 1.82) is 0 Å². The molecule has 0 bridgehead atoms. The highest BCUT2D eigenvalue weighted by molar-refractivity contribution is 7.80. The Morgan fingerprint density at radius 2 is 1.74 bits per heavy atom. The van der Waals surface area contributed by atoms with Crippen molar-refractivity contribution in [2.75, 3.05) is 11.9 Å². The normalized spacial score (nSPS) is 16.5. The molecule has 2 aromatic heterocycles. The standard InChI is InChI=1S/C35H35N5OS/c1-4-25-12-6-8-16-29(25)37-32(41)19-21-39-34(33(38-35(39)42)30-17-9-10-20-36-30)28-22-23(2)40(24(28)3)31-18-11-14-26-13-5-7-15-27(26)31/h5-18,20,22,33-34H,4,19,21H2,1-3H3,(H,37,41)(H,38,42)/t33-,34+/m0/s1. The van der Waals surface area contributed by atoms with Gasteiger partial charge in [0.05, 0.1) is 23.5 Å². The molecule has 0 unspecified atom stereocenters. The zero-order chi connectivity index (χ0) is 29.2. The fourth-order valence-electron chi connectivity index (χ4n) is 6.23. The fourth-order valence-corrected chi connectivity index (χ4v) is 6.56. The summed E-state index contributed by atoms with van der Waals surface area (Å²) in [4.78, 5) is 20.0. The van der Waals surface area contributed by atoms with E-state index in [1.54, 1.807) is 0 Å². The molecule has 0 saturated carbocycles. The van der Waals surface area contributed by atoms with Crippen molar-refractivity contribution in [2.45, 2.75) is 45.7 Å². The summed E-state index contributed by atoms with van der Waals surface area (Å²) in [6.07, 6.45) is 2.99. The Kier molecular flexibility index (Phi) is 7.76. The average Bonchev–Trinajstić information content (AvgIpc) is 3.50. The molecule has 0 aliphatic carbocycles. The number of nitrogens with zero attached hydrogens (tertiary/aromatic N) is 3. The van der Waals surface area contributed by atoms with Crippen LogP contribution in [0.25, 0.3) is 16.5 Å². The summed E-state index contributed by atoms with van der Waals surface area (Å²) < 4.78 is 2.33. The summed E-state index contributed by atoms with van der Waals surface area (Å²) in [7, 11) is 0. The first-order valence-electron chi connectivity index (χ1n) is 14.5. The number of rotatable bonds is 8. The second-order valence-electron chi connectivity index (χ2n) is 10.8. The summed E-state index contributed by atoms with van der Waals surface area (Å²) in [6, 6.07) is 30.8. The number of para-hydroxylation sites is 1. The number of hydrogen-bond donors (Lipinski definition) is 2. The number of pyridine rings is 1. The molecule has 1 aliphatic rings. The highest BCUT2D eigenvalue weighted by atomic mass is 32.1. The van der Waals surface area contributed by atoms with Crippen LogP contribution in [-0.4, -0.2) is 32.0 Å². The second-order valence-corrected chi connectivity index (χ2v) is 11.2. The molecule has 5 aromatic rings.